The van der Waals surface area contributed by atoms with E-state index in [9.17, 15) is 0 Å². The van der Waals surface area contributed by atoms with E-state index in [0.717, 1.165) is 30.7 Å². The fourth-order valence-electron chi connectivity index (χ4n) is 2.39. The minimum Gasteiger partial charge on any atom is -0.369 e. The number of nitrogens with zero attached hydrogens (tertiary/aromatic N) is 3. The summed E-state index contributed by atoms with van der Waals surface area (Å²) in [6.45, 7) is 7.11. The van der Waals surface area contributed by atoms with Gasteiger partial charge in [-0.3, -0.25) is 9.58 Å². The summed E-state index contributed by atoms with van der Waals surface area (Å²) in [7, 11) is 1.95. The van der Waals surface area contributed by atoms with Crippen LogP contribution >= 0.6 is 15.9 Å². The number of alkyl halides is 1. The molecule has 1 aromatic rings. The Labute approximate surface area is 111 Å². The van der Waals surface area contributed by atoms with E-state index in [2.05, 4.69) is 45.8 Å². The molecule has 4 nitrogen and oxygen atoms in total. The smallest absolute Gasteiger partial charge is 0.0806 e. The largest absolute Gasteiger partial charge is 0.369 e. The van der Waals surface area contributed by atoms with Gasteiger partial charge < -0.3 is 4.74 Å². The number of aryl methyl sites for hydroxylation is 1. The van der Waals surface area contributed by atoms with Gasteiger partial charge in [-0.05, 0) is 19.9 Å². The maximum atomic E-state index is 5.98. The molecular weight excluding hydrogens is 282 g/mol. The molecule has 1 aliphatic rings. The zero-order chi connectivity index (χ0) is 12.5. The molecule has 1 saturated heterocycles. The Morgan fingerprint density at radius 1 is 1.59 bits per heavy atom. The molecule has 17 heavy (non-hydrogen) atoms. The maximum absolute atomic E-state index is 5.98. The van der Waals surface area contributed by atoms with Gasteiger partial charge in [0.25, 0.3) is 0 Å². The Balaban J connectivity index is 2.00. The van der Waals surface area contributed by atoms with Crippen LogP contribution in [-0.4, -0.2) is 44.8 Å². The molecule has 0 bridgehead atoms. The van der Waals surface area contributed by atoms with Gasteiger partial charge >= 0.3 is 0 Å². The second-order valence-electron chi connectivity index (χ2n) is 5.30. The zero-order valence-electron chi connectivity index (χ0n) is 10.7. The molecular formula is C12H20BrN3O. The number of morpholine rings is 1. The van der Waals surface area contributed by atoms with Gasteiger partial charge in [0.15, 0.2) is 0 Å². The Kier molecular flexibility index (Phi) is 3.90. The number of hydrogen-bond acceptors (Lipinski definition) is 3. The van der Waals surface area contributed by atoms with Crippen molar-refractivity contribution < 1.29 is 4.74 Å². The van der Waals surface area contributed by atoms with Crippen LogP contribution in [0.4, 0.5) is 0 Å². The molecule has 1 aliphatic heterocycles. The highest BCUT2D eigenvalue weighted by atomic mass is 79.9. The average Bonchev–Trinajstić information content (AvgIpc) is 2.61. The molecule has 2 rings (SSSR count). The van der Waals surface area contributed by atoms with Crippen molar-refractivity contribution in [1.29, 1.82) is 0 Å². The third-order valence-corrected chi connectivity index (χ3v) is 3.60. The first-order valence-corrected chi connectivity index (χ1v) is 7.05. The van der Waals surface area contributed by atoms with Crippen molar-refractivity contribution in [2.75, 3.05) is 18.4 Å². The molecule has 2 heterocycles. The van der Waals surface area contributed by atoms with Gasteiger partial charge in [0, 0.05) is 38.2 Å². The summed E-state index contributed by atoms with van der Waals surface area (Å²) >= 11 is 3.51. The summed E-state index contributed by atoms with van der Waals surface area (Å²) in [4.78, 5) is 2.41. The van der Waals surface area contributed by atoms with Crippen molar-refractivity contribution in [2.24, 2.45) is 7.05 Å². The van der Waals surface area contributed by atoms with Crippen molar-refractivity contribution in [3.8, 4) is 0 Å². The van der Waals surface area contributed by atoms with Gasteiger partial charge in [-0.2, -0.15) is 5.10 Å². The molecule has 96 valence electrons. The lowest BCUT2D eigenvalue weighted by molar-refractivity contribution is -0.128. The molecule has 1 atom stereocenters. The minimum absolute atomic E-state index is 0.0779. The van der Waals surface area contributed by atoms with E-state index in [1.165, 1.54) is 0 Å². The fourth-order valence-corrected chi connectivity index (χ4v) is 2.73. The number of ether oxygens (including phenoxy) is 1. The highest BCUT2D eigenvalue weighted by Crippen LogP contribution is 2.23. The third kappa shape index (κ3) is 3.53. The van der Waals surface area contributed by atoms with Crippen LogP contribution in [0.25, 0.3) is 0 Å². The average molecular weight is 302 g/mol. The molecule has 0 amide bonds. The molecule has 0 N–H and O–H groups in total. The van der Waals surface area contributed by atoms with Crippen LogP contribution in [0.5, 0.6) is 0 Å². The summed E-state index contributed by atoms with van der Waals surface area (Å²) in [5.41, 5.74) is 1.05. The number of rotatable bonds is 3. The van der Waals surface area contributed by atoms with E-state index in [1.54, 1.807) is 0 Å². The molecule has 1 aromatic heterocycles. The quantitative estimate of drug-likeness (QED) is 0.798. The van der Waals surface area contributed by atoms with Crippen LogP contribution < -0.4 is 0 Å². The lowest BCUT2D eigenvalue weighted by atomic mass is 10.1. The van der Waals surface area contributed by atoms with Gasteiger partial charge in [0.1, 0.15) is 0 Å². The normalized spacial score (nSPS) is 25.1. The zero-order valence-corrected chi connectivity index (χ0v) is 12.3. The van der Waals surface area contributed by atoms with E-state index in [4.69, 9.17) is 4.74 Å². The molecule has 0 spiro atoms. The van der Waals surface area contributed by atoms with Crippen molar-refractivity contribution in [3.05, 3.63) is 18.0 Å². The van der Waals surface area contributed by atoms with E-state index in [0.29, 0.717) is 0 Å². The number of hydrogen-bond donors (Lipinski definition) is 0. The van der Waals surface area contributed by atoms with Crippen LogP contribution in [0.3, 0.4) is 0 Å². The van der Waals surface area contributed by atoms with Gasteiger partial charge in [0.05, 0.1) is 17.4 Å². The fraction of sp³-hybridized carbons (Fsp3) is 0.750. The first-order valence-electron chi connectivity index (χ1n) is 5.93. The van der Waals surface area contributed by atoms with Crippen molar-refractivity contribution in [1.82, 2.24) is 14.7 Å². The maximum Gasteiger partial charge on any atom is 0.0806 e. The Hall–Kier alpha value is -0.390. The van der Waals surface area contributed by atoms with Crippen molar-refractivity contribution in [3.63, 3.8) is 0 Å². The molecule has 5 heteroatoms. The van der Waals surface area contributed by atoms with E-state index < -0.39 is 0 Å². The van der Waals surface area contributed by atoms with Crippen LogP contribution in [0.1, 0.15) is 19.5 Å². The predicted octanol–water partition coefficient (Wildman–Crippen LogP) is 1.79. The second kappa shape index (κ2) is 5.08. The summed E-state index contributed by atoms with van der Waals surface area (Å²) in [6.07, 6.45) is 2.26. The highest BCUT2D eigenvalue weighted by molar-refractivity contribution is 9.09. The predicted molar refractivity (Wildman–Crippen MR) is 71.2 cm³/mol. The molecule has 0 radical (unpaired) electrons. The summed E-state index contributed by atoms with van der Waals surface area (Å²) in [5, 5.41) is 5.31. The second-order valence-corrected chi connectivity index (χ2v) is 5.95. The standard InChI is InChI=1S/C12H20BrN3O/c1-12(2)9-16(8-11(6-13)17-12)7-10-4-5-15(3)14-10/h4-5,11H,6-9H2,1-3H3. The lowest BCUT2D eigenvalue weighted by Gasteiger charge is -2.42. The van der Waals surface area contributed by atoms with Crippen LogP contribution in [-0.2, 0) is 18.3 Å². The molecule has 1 fully saturated rings. The van der Waals surface area contributed by atoms with Crippen molar-refractivity contribution in [2.45, 2.75) is 32.1 Å². The van der Waals surface area contributed by atoms with Crippen LogP contribution in [0.2, 0.25) is 0 Å². The van der Waals surface area contributed by atoms with E-state index in [-0.39, 0.29) is 11.7 Å². The van der Waals surface area contributed by atoms with E-state index >= 15 is 0 Å². The lowest BCUT2D eigenvalue weighted by Crippen LogP contribution is -2.52. The SMILES string of the molecule is Cn1ccc(CN2CC(CBr)OC(C)(C)C2)n1. The first-order chi connectivity index (χ1) is 7.98. The van der Waals surface area contributed by atoms with Crippen molar-refractivity contribution >= 4 is 15.9 Å². The number of halogens is 1. The molecule has 0 saturated carbocycles. The van der Waals surface area contributed by atoms with Crippen LogP contribution in [0.15, 0.2) is 12.3 Å². The van der Waals surface area contributed by atoms with Gasteiger partial charge in [0.2, 0.25) is 0 Å². The highest BCUT2D eigenvalue weighted by Gasteiger charge is 2.32. The summed E-state index contributed by atoms with van der Waals surface area (Å²) in [6, 6.07) is 2.08. The molecule has 1 unspecified atom stereocenters. The van der Waals surface area contributed by atoms with Crippen LogP contribution in [0, 0.1) is 0 Å². The molecule has 0 aromatic carbocycles. The molecule has 0 aliphatic carbocycles. The minimum atomic E-state index is -0.0779. The number of aromatic nitrogens is 2. The Bertz CT molecular complexity index is 378. The monoisotopic (exact) mass is 301 g/mol. The summed E-state index contributed by atoms with van der Waals surface area (Å²) < 4.78 is 7.83. The van der Waals surface area contributed by atoms with Gasteiger partial charge in [-0.1, -0.05) is 15.9 Å². The topological polar surface area (TPSA) is 30.3 Å². The Morgan fingerprint density at radius 3 is 2.94 bits per heavy atom. The first kappa shape index (κ1) is 13.1. The Morgan fingerprint density at radius 2 is 2.35 bits per heavy atom. The summed E-state index contributed by atoms with van der Waals surface area (Å²) in [5.74, 6) is 0. The van der Waals surface area contributed by atoms with Gasteiger partial charge in [-0.25, -0.2) is 0 Å². The van der Waals surface area contributed by atoms with Gasteiger partial charge in [-0.15, -0.1) is 0 Å². The third-order valence-electron chi connectivity index (χ3n) is 2.88. The van der Waals surface area contributed by atoms with E-state index in [1.807, 2.05) is 17.9 Å².